The van der Waals surface area contributed by atoms with Crippen LogP contribution in [0.25, 0.3) is 0 Å². The van der Waals surface area contributed by atoms with Gasteiger partial charge in [-0.2, -0.15) is 0 Å². The Kier molecular flexibility index (Phi) is 3.62. The largest absolute Gasteiger partial charge is 0.241 e. The van der Waals surface area contributed by atoms with Crippen LogP contribution in [0.15, 0.2) is 22.8 Å². The van der Waals surface area contributed by atoms with Gasteiger partial charge >= 0.3 is 0 Å². The van der Waals surface area contributed by atoms with E-state index in [2.05, 4.69) is 23.3 Å². The molecule has 0 aromatic rings. The summed E-state index contributed by atoms with van der Waals surface area (Å²) in [7, 11) is -1.98. The van der Waals surface area contributed by atoms with Crippen LogP contribution < -0.4 is 0 Å². The normalized spacial score (nSPS) is 12.3. The summed E-state index contributed by atoms with van der Waals surface area (Å²) in [6.07, 6.45) is 2.25. The summed E-state index contributed by atoms with van der Waals surface area (Å²) in [4.78, 5) is 7.03. The second-order valence-electron chi connectivity index (χ2n) is 2.00. The van der Waals surface area contributed by atoms with Crippen molar-refractivity contribution in [3.63, 3.8) is 0 Å². The van der Waals surface area contributed by atoms with Gasteiger partial charge in [0.1, 0.15) is 0 Å². The van der Waals surface area contributed by atoms with Gasteiger partial charge in [0.05, 0.1) is 6.26 Å². The molecular formula is C6H11N3O2S. The van der Waals surface area contributed by atoms with E-state index in [9.17, 15) is 8.42 Å². The first-order chi connectivity index (χ1) is 5.43. The third-order valence-electron chi connectivity index (χ3n) is 1.13. The zero-order valence-corrected chi connectivity index (χ0v) is 7.87. The average Bonchev–Trinajstić information content (AvgIpc) is 1.97. The molecule has 0 aromatic carbocycles. The molecule has 0 aromatic heterocycles. The molecular weight excluding hydrogens is 178 g/mol. The van der Waals surface area contributed by atoms with Crippen molar-refractivity contribution in [3.8, 4) is 0 Å². The Morgan fingerprint density at radius 2 is 2.08 bits per heavy atom. The quantitative estimate of drug-likeness (QED) is 0.456. The van der Waals surface area contributed by atoms with Crippen LogP contribution in [0.4, 0.5) is 0 Å². The van der Waals surface area contributed by atoms with Crippen molar-refractivity contribution in [3.05, 3.63) is 12.8 Å². The number of hydrogen-bond donors (Lipinski definition) is 0. The van der Waals surface area contributed by atoms with Crippen LogP contribution >= 0.6 is 0 Å². The lowest BCUT2D eigenvalue weighted by atomic mass is 10.9. The fourth-order valence-electron chi connectivity index (χ4n) is 0.452. The lowest BCUT2D eigenvalue weighted by molar-refractivity contribution is 0.558. The van der Waals surface area contributed by atoms with Gasteiger partial charge < -0.3 is 0 Å². The first kappa shape index (κ1) is 10.8. The molecule has 0 unspecified atom stereocenters. The summed E-state index contributed by atoms with van der Waals surface area (Å²) in [5.74, 6) is 0.00694. The molecule has 68 valence electrons. The molecule has 0 fully saturated rings. The minimum atomic E-state index is -3.32. The maximum Gasteiger partial charge on any atom is 0.238 e. The van der Waals surface area contributed by atoms with E-state index in [1.54, 1.807) is 0 Å². The number of rotatable bonds is 2. The predicted octanol–water partition coefficient (Wildman–Crippen LogP) is 0.0779. The molecule has 0 radical (unpaired) electrons. The van der Waals surface area contributed by atoms with Gasteiger partial charge in [-0.15, -0.1) is 0 Å². The maximum absolute atomic E-state index is 10.9. The van der Waals surface area contributed by atoms with E-state index in [0.717, 1.165) is 10.6 Å². The Morgan fingerprint density at radius 1 is 1.58 bits per heavy atom. The van der Waals surface area contributed by atoms with Crippen molar-refractivity contribution in [2.45, 2.75) is 0 Å². The van der Waals surface area contributed by atoms with Gasteiger partial charge in [0.2, 0.25) is 16.0 Å². The van der Waals surface area contributed by atoms with Crippen LogP contribution in [0.2, 0.25) is 0 Å². The molecule has 0 atom stereocenters. The molecule has 0 spiro atoms. The predicted molar refractivity (Wildman–Crippen MR) is 49.8 cm³/mol. The van der Waals surface area contributed by atoms with E-state index in [4.69, 9.17) is 0 Å². The summed E-state index contributed by atoms with van der Waals surface area (Å²) >= 11 is 0. The summed E-state index contributed by atoms with van der Waals surface area (Å²) < 4.78 is 22.8. The van der Waals surface area contributed by atoms with Crippen molar-refractivity contribution in [1.82, 2.24) is 4.31 Å². The molecule has 0 amide bonds. The van der Waals surface area contributed by atoms with Gasteiger partial charge in [-0.25, -0.2) is 22.7 Å². The number of nitrogens with zero attached hydrogens (tertiary/aromatic N) is 3. The Balaban J connectivity index is 4.90. The van der Waals surface area contributed by atoms with Gasteiger partial charge in [-0.05, 0) is 6.72 Å². The van der Waals surface area contributed by atoms with E-state index < -0.39 is 10.0 Å². The summed E-state index contributed by atoms with van der Waals surface area (Å²) in [5.41, 5.74) is 0. The van der Waals surface area contributed by atoms with E-state index in [-0.39, 0.29) is 5.96 Å². The lowest BCUT2D eigenvalue weighted by Crippen LogP contribution is -2.30. The van der Waals surface area contributed by atoms with E-state index in [0.29, 0.717) is 0 Å². The standard InChI is InChI=1S/C6H11N3O2S/c1-5-8-6(7-2)9(3)12(4,10)11/h5H,1-2H2,3-4H3. The molecule has 0 aliphatic rings. The number of guanidine groups is 1. The fraction of sp³-hybridized carbons (Fsp3) is 0.333. The molecule has 0 N–H and O–H groups in total. The second kappa shape index (κ2) is 4.01. The van der Waals surface area contributed by atoms with Crippen LogP contribution in [0.5, 0.6) is 0 Å². The number of hydrogen-bond acceptors (Lipinski definition) is 3. The van der Waals surface area contributed by atoms with Crippen LogP contribution in [0.1, 0.15) is 0 Å². The van der Waals surface area contributed by atoms with E-state index >= 15 is 0 Å². The summed E-state index contributed by atoms with van der Waals surface area (Å²) in [5, 5.41) is 0. The molecule has 0 rings (SSSR count). The molecule has 5 nitrogen and oxygen atoms in total. The minimum absolute atomic E-state index is 0.00694. The third kappa shape index (κ3) is 2.83. The first-order valence-corrected chi connectivity index (χ1v) is 4.87. The highest BCUT2D eigenvalue weighted by Crippen LogP contribution is 1.96. The molecule has 0 saturated heterocycles. The highest BCUT2D eigenvalue weighted by Gasteiger charge is 2.13. The van der Waals surface area contributed by atoms with Crippen molar-refractivity contribution in [1.29, 1.82) is 0 Å². The highest BCUT2D eigenvalue weighted by molar-refractivity contribution is 7.88. The van der Waals surface area contributed by atoms with E-state index in [1.165, 1.54) is 13.2 Å². The topological polar surface area (TPSA) is 62.1 Å². The van der Waals surface area contributed by atoms with Crippen molar-refractivity contribution < 1.29 is 8.42 Å². The Morgan fingerprint density at radius 3 is 2.33 bits per heavy atom. The molecule has 0 aliphatic heterocycles. The second-order valence-corrected chi connectivity index (χ2v) is 4.01. The summed E-state index contributed by atoms with van der Waals surface area (Å²) in [6, 6.07) is 0. The fourth-order valence-corrected chi connectivity index (χ4v) is 0.853. The molecule has 0 aliphatic carbocycles. The van der Waals surface area contributed by atoms with Crippen molar-refractivity contribution in [2.75, 3.05) is 13.3 Å². The molecule has 12 heavy (non-hydrogen) atoms. The molecule has 0 saturated carbocycles. The van der Waals surface area contributed by atoms with Crippen LogP contribution in [0, 0.1) is 0 Å². The smallest absolute Gasteiger partial charge is 0.238 e. The van der Waals surface area contributed by atoms with Crippen LogP contribution in [0.3, 0.4) is 0 Å². The zero-order valence-electron chi connectivity index (χ0n) is 7.06. The monoisotopic (exact) mass is 189 g/mol. The number of sulfonamides is 1. The maximum atomic E-state index is 10.9. The molecule has 0 bridgehead atoms. The first-order valence-electron chi connectivity index (χ1n) is 3.02. The van der Waals surface area contributed by atoms with Gasteiger partial charge in [0.15, 0.2) is 0 Å². The molecule has 0 heterocycles. The highest BCUT2D eigenvalue weighted by atomic mass is 32.2. The van der Waals surface area contributed by atoms with Crippen molar-refractivity contribution >= 4 is 22.7 Å². The lowest BCUT2D eigenvalue weighted by Gasteiger charge is -2.13. The van der Waals surface area contributed by atoms with Crippen molar-refractivity contribution in [2.24, 2.45) is 9.98 Å². The van der Waals surface area contributed by atoms with E-state index in [1.807, 2.05) is 0 Å². The van der Waals surface area contributed by atoms with Crippen LogP contribution in [-0.4, -0.2) is 38.7 Å². The summed E-state index contributed by atoms with van der Waals surface area (Å²) in [6.45, 7) is 6.50. The van der Waals surface area contributed by atoms with Gasteiger partial charge in [0, 0.05) is 13.2 Å². The zero-order chi connectivity index (χ0) is 9.78. The third-order valence-corrected chi connectivity index (χ3v) is 2.29. The molecule has 6 heteroatoms. The minimum Gasteiger partial charge on any atom is -0.241 e. The SMILES string of the molecule is C=CN=C(N=C)N(C)S(C)(=O)=O. The Labute approximate surface area is 72.2 Å². The van der Waals surface area contributed by atoms with Gasteiger partial charge in [-0.1, -0.05) is 6.58 Å². The van der Waals surface area contributed by atoms with Gasteiger partial charge in [-0.3, -0.25) is 0 Å². The average molecular weight is 189 g/mol. The Bertz CT molecular complexity index is 305. The number of aliphatic imine (C=N–C) groups is 2. The Hall–Kier alpha value is -1.17. The van der Waals surface area contributed by atoms with Gasteiger partial charge in [0.25, 0.3) is 0 Å². The van der Waals surface area contributed by atoms with Crippen LogP contribution in [-0.2, 0) is 10.0 Å².